The molecule has 0 amide bonds. The summed E-state index contributed by atoms with van der Waals surface area (Å²) in [5.41, 5.74) is 15.7. The fourth-order valence-corrected chi connectivity index (χ4v) is 7.88. The summed E-state index contributed by atoms with van der Waals surface area (Å²) in [6, 6.07) is 61.3. The van der Waals surface area contributed by atoms with E-state index in [1.807, 2.05) is 6.07 Å². The second-order valence-corrected chi connectivity index (χ2v) is 12.3. The number of nitrogens with zero attached hydrogens (tertiary/aromatic N) is 1. The number of benzene rings is 7. The van der Waals surface area contributed by atoms with Crippen molar-refractivity contribution in [2.45, 2.75) is 5.41 Å². The smallest absolute Gasteiger partial charge is 0.0725 e. The summed E-state index contributed by atoms with van der Waals surface area (Å²) in [5.74, 6) is 0. The summed E-state index contributed by atoms with van der Waals surface area (Å²) >= 11 is 6.60. The van der Waals surface area contributed by atoms with Gasteiger partial charge in [-0.3, -0.25) is 0 Å². The topological polar surface area (TPSA) is 3.24 Å². The van der Waals surface area contributed by atoms with Crippen LogP contribution in [-0.4, -0.2) is 0 Å². The molecule has 9 rings (SSSR count). The molecule has 1 nitrogen and oxygen atoms in total. The van der Waals surface area contributed by atoms with Crippen LogP contribution in [0.15, 0.2) is 170 Å². The molecule has 1 spiro atoms. The van der Waals surface area contributed by atoms with E-state index in [0.717, 1.165) is 22.1 Å². The van der Waals surface area contributed by atoms with Crippen molar-refractivity contribution >= 4 is 28.7 Å². The highest BCUT2D eigenvalue weighted by atomic mass is 35.5. The van der Waals surface area contributed by atoms with Crippen LogP contribution in [0.1, 0.15) is 22.3 Å². The van der Waals surface area contributed by atoms with Gasteiger partial charge >= 0.3 is 0 Å². The van der Waals surface area contributed by atoms with E-state index in [2.05, 4.69) is 169 Å². The Hall–Kier alpha value is -5.37. The Kier molecular flexibility index (Phi) is 5.84. The predicted molar refractivity (Wildman–Crippen MR) is 188 cm³/mol. The molecule has 2 heteroatoms. The average molecular weight is 594 g/mol. The molecule has 7 aromatic carbocycles. The second-order valence-electron chi connectivity index (χ2n) is 11.8. The summed E-state index contributed by atoms with van der Waals surface area (Å²) in [6.45, 7) is 0. The minimum absolute atomic E-state index is 0.393. The molecule has 1 unspecified atom stereocenters. The van der Waals surface area contributed by atoms with Crippen LogP contribution in [0.25, 0.3) is 33.4 Å². The van der Waals surface area contributed by atoms with Gasteiger partial charge in [-0.1, -0.05) is 133 Å². The number of anilines is 3. The van der Waals surface area contributed by atoms with Crippen molar-refractivity contribution in [2.75, 3.05) is 4.90 Å². The summed E-state index contributed by atoms with van der Waals surface area (Å²) in [5, 5.41) is 0.763. The van der Waals surface area contributed by atoms with E-state index in [9.17, 15) is 0 Å². The SMILES string of the molecule is Clc1ccc2c(c1)-c1ccccc1C21c2ccccc2-c2cc(N(c3ccccc3)c3ccc(-c4ccccc4)cc3)ccc21. The van der Waals surface area contributed by atoms with E-state index in [0.29, 0.717) is 0 Å². The van der Waals surface area contributed by atoms with Gasteiger partial charge in [0.1, 0.15) is 0 Å². The van der Waals surface area contributed by atoms with Crippen molar-refractivity contribution in [1.82, 2.24) is 0 Å². The number of hydrogen-bond donors (Lipinski definition) is 0. The molecule has 7 aromatic rings. The number of rotatable bonds is 4. The number of para-hydroxylation sites is 1. The molecule has 0 saturated carbocycles. The number of fused-ring (bicyclic) bond motifs is 10. The van der Waals surface area contributed by atoms with Crippen LogP contribution in [0.5, 0.6) is 0 Å². The Morgan fingerprint density at radius 1 is 0.356 bits per heavy atom. The molecule has 0 bridgehead atoms. The molecule has 0 radical (unpaired) electrons. The Bertz CT molecular complexity index is 2220. The fraction of sp³-hybridized carbons (Fsp3) is 0.0233. The van der Waals surface area contributed by atoms with Gasteiger partial charge in [0.15, 0.2) is 0 Å². The van der Waals surface area contributed by atoms with Crippen LogP contribution in [0, 0.1) is 0 Å². The summed E-state index contributed by atoms with van der Waals surface area (Å²) < 4.78 is 0. The molecule has 0 heterocycles. The highest BCUT2D eigenvalue weighted by Crippen LogP contribution is 2.63. The van der Waals surface area contributed by atoms with Crippen molar-refractivity contribution in [3.63, 3.8) is 0 Å². The van der Waals surface area contributed by atoms with Crippen molar-refractivity contribution in [3.05, 3.63) is 197 Å². The standard InChI is InChI=1S/C43H28ClN/c44-31-21-25-41-37(27-31)35-15-7-9-17-39(35)43(41)40-18-10-8-16-36(40)38-28-34(24-26-42(38)43)45(32-13-5-2-6-14-32)33-22-19-30(20-23-33)29-11-3-1-4-12-29/h1-28H. The van der Waals surface area contributed by atoms with Crippen LogP contribution in [0.4, 0.5) is 17.1 Å². The molecule has 45 heavy (non-hydrogen) atoms. The van der Waals surface area contributed by atoms with Gasteiger partial charge in [0.05, 0.1) is 5.41 Å². The molecule has 0 fully saturated rings. The highest BCUT2D eigenvalue weighted by Gasteiger charge is 2.51. The van der Waals surface area contributed by atoms with Crippen molar-refractivity contribution in [1.29, 1.82) is 0 Å². The highest BCUT2D eigenvalue weighted by molar-refractivity contribution is 6.31. The Morgan fingerprint density at radius 3 is 1.49 bits per heavy atom. The third-order valence-corrected chi connectivity index (χ3v) is 9.78. The summed E-state index contributed by atoms with van der Waals surface area (Å²) in [6.07, 6.45) is 0. The Balaban J connectivity index is 1.26. The Morgan fingerprint density at radius 2 is 0.822 bits per heavy atom. The second kappa shape index (κ2) is 10.1. The van der Waals surface area contributed by atoms with Gasteiger partial charge in [-0.2, -0.15) is 0 Å². The van der Waals surface area contributed by atoms with Crippen LogP contribution in [0.2, 0.25) is 5.02 Å². The molecule has 2 aliphatic carbocycles. The first kappa shape index (κ1) is 26.1. The summed E-state index contributed by atoms with van der Waals surface area (Å²) in [7, 11) is 0. The molecular weight excluding hydrogens is 566 g/mol. The number of hydrogen-bond acceptors (Lipinski definition) is 1. The molecule has 0 aromatic heterocycles. The van der Waals surface area contributed by atoms with Gasteiger partial charge in [-0.25, -0.2) is 0 Å². The van der Waals surface area contributed by atoms with E-state index in [1.165, 1.54) is 55.6 Å². The molecule has 0 saturated heterocycles. The van der Waals surface area contributed by atoms with E-state index >= 15 is 0 Å². The van der Waals surface area contributed by atoms with Crippen LogP contribution >= 0.6 is 11.6 Å². The van der Waals surface area contributed by atoms with Gasteiger partial charge in [0.2, 0.25) is 0 Å². The minimum atomic E-state index is -0.393. The maximum atomic E-state index is 6.60. The first-order valence-electron chi connectivity index (χ1n) is 15.4. The maximum Gasteiger partial charge on any atom is 0.0725 e. The zero-order chi connectivity index (χ0) is 30.0. The van der Waals surface area contributed by atoms with Gasteiger partial charge in [0.25, 0.3) is 0 Å². The quantitative estimate of drug-likeness (QED) is 0.196. The van der Waals surface area contributed by atoms with Gasteiger partial charge in [0, 0.05) is 22.1 Å². The predicted octanol–water partition coefficient (Wildman–Crippen LogP) is 11.8. The van der Waals surface area contributed by atoms with E-state index in [-0.39, 0.29) is 0 Å². The number of halogens is 1. The summed E-state index contributed by atoms with van der Waals surface area (Å²) in [4.78, 5) is 2.36. The normalized spacial score (nSPS) is 15.3. The maximum absolute atomic E-state index is 6.60. The molecule has 2 aliphatic rings. The fourth-order valence-electron chi connectivity index (χ4n) is 7.71. The van der Waals surface area contributed by atoms with Crippen LogP contribution < -0.4 is 4.90 Å². The van der Waals surface area contributed by atoms with Gasteiger partial charge < -0.3 is 4.90 Å². The van der Waals surface area contributed by atoms with Crippen molar-refractivity contribution in [3.8, 4) is 33.4 Å². The van der Waals surface area contributed by atoms with E-state index < -0.39 is 5.41 Å². The monoisotopic (exact) mass is 593 g/mol. The largest absolute Gasteiger partial charge is 0.310 e. The lowest BCUT2D eigenvalue weighted by Gasteiger charge is -2.31. The molecule has 0 aliphatic heterocycles. The minimum Gasteiger partial charge on any atom is -0.310 e. The van der Waals surface area contributed by atoms with Gasteiger partial charge in [-0.15, -0.1) is 0 Å². The third kappa shape index (κ3) is 3.81. The lowest BCUT2D eigenvalue weighted by Crippen LogP contribution is -2.25. The zero-order valence-electron chi connectivity index (χ0n) is 24.5. The van der Waals surface area contributed by atoms with E-state index in [1.54, 1.807) is 0 Å². The first-order valence-corrected chi connectivity index (χ1v) is 15.8. The van der Waals surface area contributed by atoms with Crippen molar-refractivity contribution < 1.29 is 0 Å². The van der Waals surface area contributed by atoms with Gasteiger partial charge in [-0.05, 0) is 104 Å². The third-order valence-electron chi connectivity index (χ3n) is 9.54. The zero-order valence-corrected chi connectivity index (χ0v) is 25.2. The molecule has 212 valence electrons. The lowest BCUT2D eigenvalue weighted by molar-refractivity contribution is 0.794. The van der Waals surface area contributed by atoms with Crippen LogP contribution in [-0.2, 0) is 5.41 Å². The Labute approximate surface area is 268 Å². The molecule has 1 atom stereocenters. The van der Waals surface area contributed by atoms with Crippen LogP contribution in [0.3, 0.4) is 0 Å². The average Bonchev–Trinajstić information content (AvgIpc) is 3.56. The lowest BCUT2D eigenvalue weighted by atomic mass is 9.70. The first-order chi connectivity index (χ1) is 22.2. The molecular formula is C43H28ClN. The van der Waals surface area contributed by atoms with E-state index in [4.69, 9.17) is 11.6 Å². The van der Waals surface area contributed by atoms with Crippen molar-refractivity contribution in [2.24, 2.45) is 0 Å². The molecule has 0 N–H and O–H groups in total.